The molecule has 1 aliphatic rings. The normalized spacial score (nSPS) is 16.8. The summed E-state index contributed by atoms with van der Waals surface area (Å²) in [7, 11) is 3.18. The minimum atomic E-state index is -0.0194. The Kier molecular flexibility index (Phi) is 8.66. The Morgan fingerprint density at radius 1 is 1.29 bits per heavy atom. The lowest BCUT2D eigenvalue weighted by Crippen LogP contribution is -2.43. The van der Waals surface area contributed by atoms with E-state index in [0.29, 0.717) is 56.1 Å². The number of amides is 1. The monoisotopic (exact) mass is 432 g/mol. The van der Waals surface area contributed by atoms with Crippen LogP contribution in [-0.2, 0) is 16.1 Å². The Morgan fingerprint density at radius 3 is 2.90 bits per heavy atom. The number of nitrogens with zero attached hydrogens (tertiary/aromatic N) is 3. The first-order valence-electron chi connectivity index (χ1n) is 10.8. The molecule has 2 aromatic rings. The largest absolute Gasteiger partial charge is 0.493 e. The number of aromatic nitrogens is 2. The molecular weight excluding hydrogens is 400 g/mol. The smallest absolute Gasteiger partial charge is 0.241 e. The quantitative estimate of drug-likeness (QED) is 0.541. The zero-order valence-electron chi connectivity index (χ0n) is 18.6. The van der Waals surface area contributed by atoms with Crippen LogP contribution in [-0.4, -0.2) is 68.0 Å². The van der Waals surface area contributed by atoms with Crippen LogP contribution in [0.5, 0.6) is 11.5 Å². The molecule has 1 aromatic heterocycles. The average molecular weight is 433 g/mol. The fraction of sp³-hybridized carbons (Fsp3) is 0.591. The number of benzene rings is 1. The number of hydrogen-bond acceptors (Lipinski definition) is 8. The molecule has 1 aromatic carbocycles. The van der Waals surface area contributed by atoms with Crippen molar-refractivity contribution in [2.45, 2.75) is 32.7 Å². The third kappa shape index (κ3) is 6.41. The van der Waals surface area contributed by atoms with E-state index < -0.39 is 0 Å². The van der Waals surface area contributed by atoms with Crippen LogP contribution in [0.2, 0.25) is 0 Å². The van der Waals surface area contributed by atoms with Gasteiger partial charge in [-0.3, -0.25) is 9.69 Å². The molecule has 0 aliphatic carbocycles. The Morgan fingerprint density at radius 2 is 2.13 bits per heavy atom. The first-order valence-corrected chi connectivity index (χ1v) is 10.8. The van der Waals surface area contributed by atoms with Crippen molar-refractivity contribution in [2.75, 3.05) is 47.1 Å². The van der Waals surface area contributed by atoms with Crippen molar-refractivity contribution in [3.8, 4) is 22.9 Å². The summed E-state index contributed by atoms with van der Waals surface area (Å²) in [5.74, 6) is 2.37. The van der Waals surface area contributed by atoms with E-state index in [-0.39, 0.29) is 11.8 Å². The van der Waals surface area contributed by atoms with Crippen LogP contribution in [0.1, 0.15) is 32.1 Å². The molecule has 9 nitrogen and oxygen atoms in total. The Labute approximate surface area is 183 Å². The molecule has 9 heteroatoms. The van der Waals surface area contributed by atoms with E-state index >= 15 is 0 Å². The number of rotatable bonds is 11. The molecule has 1 saturated heterocycles. The number of piperidine rings is 1. The fourth-order valence-corrected chi connectivity index (χ4v) is 3.69. The van der Waals surface area contributed by atoms with Gasteiger partial charge in [0.05, 0.1) is 26.7 Å². The van der Waals surface area contributed by atoms with Gasteiger partial charge in [-0.1, -0.05) is 5.16 Å². The van der Waals surface area contributed by atoms with Gasteiger partial charge in [-0.15, -0.1) is 0 Å². The summed E-state index contributed by atoms with van der Waals surface area (Å²) in [4.78, 5) is 19.2. The number of likely N-dealkylation sites (tertiary alicyclic amines) is 1. The van der Waals surface area contributed by atoms with Crippen LogP contribution < -0.4 is 14.8 Å². The molecule has 0 spiro atoms. The van der Waals surface area contributed by atoms with E-state index in [0.717, 1.165) is 31.4 Å². The molecule has 1 fully saturated rings. The second-order valence-corrected chi connectivity index (χ2v) is 7.50. The lowest BCUT2D eigenvalue weighted by Gasteiger charge is -2.30. The maximum Gasteiger partial charge on any atom is 0.241 e. The number of hydrogen-bond donors (Lipinski definition) is 1. The molecule has 0 unspecified atom stereocenters. The van der Waals surface area contributed by atoms with Crippen molar-refractivity contribution in [1.29, 1.82) is 0 Å². The Bertz CT molecular complexity index is 841. The van der Waals surface area contributed by atoms with Gasteiger partial charge in [-0.25, -0.2) is 0 Å². The first-order chi connectivity index (χ1) is 15.1. The zero-order chi connectivity index (χ0) is 22.1. The standard InChI is InChI=1S/C22H32N4O5/c1-4-30-12-6-10-23-22(27)17-7-5-11-26(14-17)15-20-24-21(25-31-20)16-8-9-18(28-2)19(13-16)29-3/h8-9,13,17H,4-7,10-12,14-15H2,1-3H3,(H,23,27)/t17-/m1/s1. The second kappa shape index (κ2) is 11.7. The van der Waals surface area contributed by atoms with Crippen LogP contribution in [0, 0.1) is 5.92 Å². The van der Waals surface area contributed by atoms with E-state index in [9.17, 15) is 4.79 Å². The van der Waals surface area contributed by atoms with Crippen molar-refractivity contribution in [2.24, 2.45) is 5.92 Å². The second-order valence-electron chi connectivity index (χ2n) is 7.50. The SMILES string of the molecule is CCOCCCNC(=O)[C@@H]1CCCN(Cc2nc(-c3ccc(OC)c(OC)c3)no2)C1. The number of nitrogens with one attached hydrogen (secondary N) is 1. The predicted molar refractivity (Wildman–Crippen MR) is 115 cm³/mol. The number of carbonyl (C=O) groups is 1. The van der Waals surface area contributed by atoms with Crippen molar-refractivity contribution in [1.82, 2.24) is 20.4 Å². The summed E-state index contributed by atoms with van der Waals surface area (Å²) in [6.07, 6.45) is 2.69. The van der Waals surface area contributed by atoms with E-state index in [2.05, 4.69) is 20.4 Å². The molecule has 1 N–H and O–H groups in total. The van der Waals surface area contributed by atoms with Gasteiger partial charge in [0.25, 0.3) is 0 Å². The van der Waals surface area contributed by atoms with E-state index in [4.69, 9.17) is 18.7 Å². The third-order valence-electron chi connectivity index (χ3n) is 5.31. The van der Waals surface area contributed by atoms with Gasteiger partial charge in [0.15, 0.2) is 11.5 Å². The highest BCUT2D eigenvalue weighted by atomic mass is 16.5. The summed E-state index contributed by atoms with van der Waals surface area (Å²) < 4.78 is 21.4. The molecule has 2 heterocycles. The lowest BCUT2D eigenvalue weighted by molar-refractivity contribution is -0.126. The molecule has 170 valence electrons. The van der Waals surface area contributed by atoms with Crippen molar-refractivity contribution < 1.29 is 23.5 Å². The van der Waals surface area contributed by atoms with Gasteiger partial charge in [0.2, 0.25) is 17.6 Å². The van der Waals surface area contributed by atoms with Crippen LogP contribution in [0.4, 0.5) is 0 Å². The van der Waals surface area contributed by atoms with E-state index in [1.165, 1.54) is 0 Å². The minimum absolute atomic E-state index is 0.0194. The molecule has 0 bridgehead atoms. The summed E-state index contributed by atoms with van der Waals surface area (Å²) in [6, 6.07) is 5.50. The lowest BCUT2D eigenvalue weighted by atomic mass is 9.97. The molecule has 3 rings (SSSR count). The minimum Gasteiger partial charge on any atom is -0.493 e. The zero-order valence-corrected chi connectivity index (χ0v) is 18.6. The van der Waals surface area contributed by atoms with E-state index in [1.54, 1.807) is 14.2 Å². The predicted octanol–water partition coefficient (Wildman–Crippen LogP) is 2.51. The molecule has 1 amide bonds. The van der Waals surface area contributed by atoms with E-state index in [1.807, 2.05) is 25.1 Å². The first kappa shape index (κ1) is 23.0. The van der Waals surface area contributed by atoms with Crippen LogP contribution in [0.25, 0.3) is 11.4 Å². The molecule has 1 aliphatic heterocycles. The number of methoxy groups -OCH3 is 2. The van der Waals surface area contributed by atoms with Gasteiger partial charge in [0, 0.05) is 31.9 Å². The highest BCUT2D eigenvalue weighted by Gasteiger charge is 2.26. The number of carbonyl (C=O) groups excluding carboxylic acids is 1. The average Bonchev–Trinajstić information content (AvgIpc) is 3.27. The van der Waals surface area contributed by atoms with Gasteiger partial charge in [-0.2, -0.15) is 4.98 Å². The molecule has 1 atom stereocenters. The van der Waals surface area contributed by atoms with Crippen LogP contribution >= 0.6 is 0 Å². The summed E-state index contributed by atoms with van der Waals surface area (Å²) in [5.41, 5.74) is 0.788. The van der Waals surface area contributed by atoms with Gasteiger partial charge >= 0.3 is 0 Å². The summed E-state index contributed by atoms with van der Waals surface area (Å²) in [6.45, 7) is 6.10. The van der Waals surface area contributed by atoms with Gasteiger partial charge < -0.3 is 24.1 Å². The Balaban J connectivity index is 1.53. The third-order valence-corrected chi connectivity index (χ3v) is 5.31. The highest BCUT2D eigenvalue weighted by molar-refractivity contribution is 5.78. The van der Waals surface area contributed by atoms with Crippen molar-refractivity contribution >= 4 is 5.91 Å². The molecule has 0 saturated carbocycles. The maximum atomic E-state index is 12.5. The van der Waals surface area contributed by atoms with Gasteiger partial charge in [-0.05, 0) is 50.9 Å². The highest BCUT2D eigenvalue weighted by Crippen LogP contribution is 2.31. The summed E-state index contributed by atoms with van der Waals surface area (Å²) >= 11 is 0. The van der Waals surface area contributed by atoms with Crippen LogP contribution in [0.15, 0.2) is 22.7 Å². The fourth-order valence-electron chi connectivity index (χ4n) is 3.69. The van der Waals surface area contributed by atoms with Crippen molar-refractivity contribution in [3.05, 3.63) is 24.1 Å². The maximum absolute atomic E-state index is 12.5. The topological polar surface area (TPSA) is 99.0 Å². The van der Waals surface area contributed by atoms with Gasteiger partial charge in [0.1, 0.15) is 0 Å². The molecule has 0 radical (unpaired) electrons. The molecule has 31 heavy (non-hydrogen) atoms. The molecular formula is C22H32N4O5. The Hall–Kier alpha value is -2.65. The van der Waals surface area contributed by atoms with Crippen LogP contribution in [0.3, 0.4) is 0 Å². The summed E-state index contributed by atoms with van der Waals surface area (Å²) in [5, 5.41) is 7.12. The van der Waals surface area contributed by atoms with Crippen molar-refractivity contribution in [3.63, 3.8) is 0 Å². The number of ether oxygens (including phenoxy) is 3.